The molecule has 2 N–H and O–H groups in total. The van der Waals surface area contributed by atoms with Gasteiger partial charge in [-0.25, -0.2) is 0 Å². The summed E-state index contributed by atoms with van der Waals surface area (Å²) in [6.45, 7) is 6.59. The Hall–Kier alpha value is -0.610. The zero-order chi connectivity index (χ0) is 12.8. The van der Waals surface area contributed by atoms with E-state index in [9.17, 15) is 9.90 Å². The molecule has 0 heterocycles. The van der Waals surface area contributed by atoms with Crippen LogP contribution in [0.25, 0.3) is 0 Å². The molecule has 0 aliphatic heterocycles. The van der Waals surface area contributed by atoms with Crippen molar-refractivity contribution in [3.63, 3.8) is 0 Å². The van der Waals surface area contributed by atoms with Crippen molar-refractivity contribution in [1.82, 2.24) is 10.2 Å². The second kappa shape index (κ2) is 6.86. The third-order valence-electron chi connectivity index (χ3n) is 2.66. The molecule has 0 bridgehead atoms. The zero-order valence-corrected chi connectivity index (χ0v) is 11.2. The van der Waals surface area contributed by atoms with E-state index in [1.54, 1.807) is 6.92 Å². The lowest BCUT2D eigenvalue weighted by molar-refractivity contribution is -0.126. The van der Waals surface area contributed by atoms with Gasteiger partial charge in [0.25, 0.3) is 0 Å². The van der Waals surface area contributed by atoms with Crippen molar-refractivity contribution in [2.24, 2.45) is 5.92 Å². The number of aliphatic hydroxyl groups is 1. The van der Waals surface area contributed by atoms with Gasteiger partial charge >= 0.3 is 0 Å². The summed E-state index contributed by atoms with van der Waals surface area (Å²) >= 11 is 0. The van der Waals surface area contributed by atoms with Crippen LogP contribution < -0.4 is 5.32 Å². The molecule has 0 spiro atoms. The van der Waals surface area contributed by atoms with Crippen molar-refractivity contribution in [3.8, 4) is 0 Å². The summed E-state index contributed by atoms with van der Waals surface area (Å²) in [5.74, 6) is 0.110. The smallest absolute Gasteiger partial charge is 0.223 e. The number of rotatable bonds is 7. The lowest BCUT2D eigenvalue weighted by Crippen LogP contribution is -2.48. The summed E-state index contributed by atoms with van der Waals surface area (Å²) in [6, 6.07) is 0. The first-order valence-electron chi connectivity index (χ1n) is 5.97. The number of carbonyl (C=O) groups is 1. The van der Waals surface area contributed by atoms with Gasteiger partial charge in [0.15, 0.2) is 0 Å². The molecule has 0 aromatic heterocycles. The maximum atomic E-state index is 11.7. The van der Waals surface area contributed by atoms with Gasteiger partial charge in [-0.2, -0.15) is 0 Å². The van der Waals surface area contributed by atoms with E-state index in [4.69, 9.17) is 0 Å². The molecule has 0 radical (unpaired) electrons. The SMILES string of the molecule is CCC(CC)C(=O)NCC(C)(O)CN(C)C. The molecule has 0 fully saturated rings. The van der Waals surface area contributed by atoms with Crippen LogP contribution in [0.2, 0.25) is 0 Å². The molecule has 96 valence electrons. The molecule has 1 atom stereocenters. The summed E-state index contributed by atoms with van der Waals surface area (Å²) in [5.41, 5.74) is -0.870. The minimum Gasteiger partial charge on any atom is -0.387 e. The Labute approximate surface area is 99.0 Å². The van der Waals surface area contributed by atoms with Crippen LogP contribution in [-0.2, 0) is 4.79 Å². The highest BCUT2D eigenvalue weighted by molar-refractivity contribution is 5.78. The van der Waals surface area contributed by atoms with Gasteiger partial charge in [-0.3, -0.25) is 4.79 Å². The van der Waals surface area contributed by atoms with Gasteiger partial charge in [0.2, 0.25) is 5.91 Å². The highest BCUT2D eigenvalue weighted by Gasteiger charge is 2.23. The second-order valence-electron chi connectivity index (χ2n) is 4.97. The van der Waals surface area contributed by atoms with Crippen LogP contribution in [0.1, 0.15) is 33.6 Å². The van der Waals surface area contributed by atoms with Crippen LogP contribution >= 0.6 is 0 Å². The number of carbonyl (C=O) groups excluding carboxylic acids is 1. The maximum Gasteiger partial charge on any atom is 0.223 e. The number of hydrogen-bond donors (Lipinski definition) is 2. The van der Waals surface area contributed by atoms with E-state index in [1.165, 1.54) is 0 Å². The fraction of sp³-hybridized carbons (Fsp3) is 0.917. The fourth-order valence-corrected chi connectivity index (χ4v) is 1.82. The third kappa shape index (κ3) is 6.08. The molecule has 0 saturated carbocycles. The summed E-state index contributed by atoms with van der Waals surface area (Å²) in [7, 11) is 3.80. The predicted molar refractivity (Wildman–Crippen MR) is 66.3 cm³/mol. The van der Waals surface area contributed by atoms with E-state index in [0.717, 1.165) is 12.8 Å². The molecular weight excluding hydrogens is 204 g/mol. The number of likely N-dealkylation sites (N-methyl/N-ethyl adjacent to an activating group) is 1. The van der Waals surface area contributed by atoms with Gasteiger partial charge in [0.1, 0.15) is 0 Å². The molecule has 0 saturated heterocycles. The second-order valence-corrected chi connectivity index (χ2v) is 4.97. The minimum absolute atomic E-state index is 0.0454. The fourth-order valence-electron chi connectivity index (χ4n) is 1.82. The van der Waals surface area contributed by atoms with Crippen LogP contribution in [0.3, 0.4) is 0 Å². The van der Waals surface area contributed by atoms with Gasteiger partial charge in [-0.1, -0.05) is 13.8 Å². The Morgan fingerprint density at radius 3 is 2.25 bits per heavy atom. The normalized spacial score (nSPS) is 15.2. The summed E-state index contributed by atoms with van der Waals surface area (Å²) in [4.78, 5) is 13.6. The van der Waals surface area contributed by atoms with Crippen LogP contribution in [0, 0.1) is 5.92 Å². The first-order valence-corrected chi connectivity index (χ1v) is 5.97. The van der Waals surface area contributed by atoms with E-state index in [0.29, 0.717) is 13.1 Å². The molecule has 0 aromatic carbocycles. The van der Waals surface area contributed by atoms with E-state index in [1.807, 2.05) is 32.8 Å². The monoisotopic (exact) mass is 230 g/mol. The molecule has 4 heteroatoms. The van der Waals surface area contributed by atoms with Crippen LogP contribution in [0.15, 0.2) is 0 Å². The van der Waals surface area contributed by atoms with Crippen molar-refractivity contribution in [3.05, 3.63) is 0 Å². The molecule has 1 amide bonds. The molecule has 4 nitrogen and oxygen atoms in total. The van der Waals surface area contributed by atoms with Crippen molar-refractivity contribution < 1.29 is 9.90 Å². The Balaban J connectivity index is 4.08. The first kappa shape index (κ1) is 15.4. The molecule has 0 rings (SSSR count). The number of amides is 1. The third-order valence-corrected chi connectivity index (χ3v) is 2.66. The van der Waals surface area contributed by atoms with Crippen molar-refractivity contribution in [1.29, 1.82) is 0 Å². The van der Waals surface area contributed by atoms with E-state index in [-0.39, 0.29) is 11.8 Å². The largest absolute Gasteiger partial charge is 0.387 e. The predicted octanol–water partition coefficient (Wildman–Crippen LogP) is 0.851. The Morgan fingerprint density at radius 1 is 1.38 bits per heavy atom. The van der Waals surface area contributed by atoms with E-state index < -0.39 is 5.60 Å². The van der Waals surface area contributed by atoms with Crippen molar-refractivity contribution in [2.75, 3.05) is 27.2 Å². The Bertz CT molecular complexity index is 211. The Morgan fingerprint density at radius 2 is 1.88 bits per heavy atom. The highest BCUT2D eigenvalue weighted by Crippen LogP contribution is 2.08. The number of nitrogens with one attached hydrogen (secondary N) is 1. The quantitative estimate of drug-likeness (QED) is 0.682. The van der Waals surface area contributed by atoms with Crippen LogP contribution in [0.4, 0.5) is 0 Å². The minimum atomic E-state index is -0.870. The molecule has 1 unspecified atom stereocenters. The van der Waals surface area contributed by atoms with Crippen molar-refractivity contribution >= 4 is 5.91 Å². The zero-order valence-electron chi connectivity index (χ0n) is 11.2. The summed E-state index contributed by atoms with van der Waals surface area (Å²) < 4.78 is 0. The molecule has 0 aliphatic carbocycles. The van der Waals surface area contributed by atoms with Gasteiger partial charge in [-0.15, -0.1) is 0 Å². The number of hydrogen-bond acceptors (Lipinski definition) is 3. The number of nitrogens with zero attached hydrogens (tertiary/aromatic N) is 1. The van der Waals surface area contributed by atoms with E-state index >= 15 is 0 Å². The summed E-state index contributed by atoms with van der Waals surface area (Å²) in [5, 5.41) is 12.8. The van der Waals surface area contributed by atoms with Gasteiger partial charge < -0.3 is 15.3 Å². The van der Waals surface area contributed by atoms with Gasteiger partial charge in [0.05, 0.1) is 5.60 Å². The van der Waals surface area contributed by atoms with Gasteiger partial charge in [0, 0.05) is 19.0 Å². The molecule has 0 aliphatic rings. The Kier molecular flexibility index (Phi) is 6.60. The topological polar surface area (TPSA) is 52.6 Å². The summed E-state index contributed by atoms with van der Waals surface area (Å²) in [6.07, 6.45) is 1.69. The highest BCUT2D eigenvalue weighted by atomic mass is 16.3. The van der Waals surface area contributed by atoms with Crippen molar-refractivity contribution in [2.45, 2.75) is 39.2 Å². The standard InChI is InChI=1S/C12H26N2O2/c1-6-10(7-2)11(15)13-8-12(3,16)9-14(4)5/h10,16H,6-9H2,1-5H3,(H,13,15). The molecule has 16 heavy (non-hydrogen) atoms. The average molecular weight is 230 g/mol. The average Bonchev–Trinajstić information content (AvgIpc) is 2.15. The van der Waals surface area contributed by atoms with Gasteiger partial charge in [-0.05, 0) is 33.9 Å². The molecular formula is C12H26N2O2. The maximum absolute atomic E-state index is 11.7. The lowest BCUT2D eigenvalue weighted by atomic mass is 10.0. The van der Waals surface area contributed by atoms with Crippen LogP contribution in [0.5, 0.6) is 0 Å². The first-order chi connectivity index (χ1) is 7.32. The molecule has 0 aromatic rings. The lowest BCUT2D eigenvalue weighted by Gasteiger charge is -2.27. The van der Waals surface area contributed by atoms with Crippen LogP contribution in [-0.4, -0.2) is 48.7 Å². The van der Waals surface area contributed by atoms with E-state index in [2.05, 4.69) is 5.32 Å².